The second kappa shape index (κ2) is 4.31. The molecule has 0 spiro atoms. The van der Waals surface area contributed by atoms with E-state index in [1.54, 1.807) is 12.1 Å². The zero-order valence-corrected chi connectivity index (χ0v) is 9.92. The van der Waals surface area contributed by atoms with Gasteiger partial charge in [-0.3, -0.25) is 4.72 Å². The maximum atomic E-state index is 11.4. The highest BCUT2D eigenvalue weighted by molar-refractivity contribution is 7.93. The van der Waals surface area contributed by atoms with Gasteiger partial charge in [-0.05, 0) is 11.5 Å². The van der Waals surface area contributed by atoms with Gasteiger partial charge in [0.05, 0.1) is 5.69 Å². The van der Waals surface area contributed by atoms with Crippen LogP contribution in [0.25, 0.3) is 10.8 Å². The van der Waals surface area contributed by atoms with Crippen molar-refractivity contribution in [1.29, 1.82) is 0 Å². The molecule has 0 aliphatic heterocycles. The quantitative estimate of drug-likeness (QED) is 0.858. The number of nitrogens with one attached hydrogen (secondary N) is 1. The van der Waals surface area contributed by atoms with Crippen LogP contribution < -0.4 is 4.72 Å². The van der Waals surface area contributed by atoms with Crippen LogP contribution in [0.5, 0.6) is 0 Å². The molecule has 2 rings (SSSR count). The van der Waals surface area contributed by atoms with Gasteiger partial charge in [0, 0.05) is 5.39 Å². The average Bonchev–Trinajstić information content (AvgIpc) is 2.29. The van der Waals surface area contributed by atoms with Crippen molar-refractivity contribution in [3.63, 3.8) is 0 Å². The minimum Gasteiger partial charge on any atom is -0.282 e. The molecule has 0 radical (unpaired) electrons. The van der Waals surface area contributed by atoms with E-state index in [4.69, 9.17) is 11.6 Å². The molecular weight excluding hydrogens is 246 g/mol. The van der Waals surface area contributed by atoms with E-state index in [9.17, 15) is 8.42 Å². The first kappa shape index (κ1) is 11.2. The molecule has 2 aromatic carbocycles. The Hall–Kier alpha value is -1.26. The molecule has 0 amide bonds. The van der Waals surface area contributed by atoms with Crippen molar-refractivity contribution in [2.24, 2.45) is 0 Å². The van der Waals surface area contributed by atoms with Crippen LogP contribution in [-0.4, -0.2) is 13.6 Å². The molecule has 0 fully saturated rings. The Labute approximate surface area is 99.1 Å². The summed E-state index contributed by atoms with van der Waals surface area (Å²) in [6.07, 6.45) is 0. The molecule has 0 unspecified atom stereocenters. The van der Waals surface area contributed by atoms with Crippen molar-refractivity contribution in [2.75, 3.05) is 9.93 Å². The fraction of sp³-hybridized carbons (Fsp3) is 0.0909. The minimum absolute atomic E-state index is 0.448. The summed E-state index contributed by atoms with van der Waals surface area (Å²) < 4.78 is 25.2. The van der Waals surface area contributed by atoms with Crippen molar-refractivity contribution in [2.45, 2.75) is 0 Å². The minimum atomic E-state index is -3.45. The highest BCUT2D eigenvalue weighted by Gasteiger charge is 2.09. The summed E-state index contributed by atoms with van der Waals surface area (Å²) in [6.45, 7) is 0. The zero-order valence-electron chi connectivity index (χ0n) is 8.35. The van der Waals surface area contributed by atoms with Crippen LogP contribution in [0.3, 0.4) is 0 Å². The van der Waals surface area contributed by atoms with Crippen LogP contribution in [0, 0.1) is 0 Å². The van der Waals surface area contributed by atoms with E-state index >= 15 is 0 Å². The van der Waals surface area contributed by atoms with Crippen LogP contribution >= 0.6 is 11.6 Å². The van der Waals surface area contributed by atoms with E-state index in [2.05, 4.69) is 4.72 Å². The molecule has 1 N–H and O–H groups in total. The maximum Gasteiger partial charge on any atom is 0.246 e. The number of fused-ring (bicyclic) bond motifs is 1. The number of hydrogen-bond acceptors (Lipinski definition) is 2. The first-order chi connectivity index (χ1) is 7.62. The van der Waals surface area contributed by atoms with Crippen LogP contribution in [0.15, 0.2) is 42.5 Å². The van der Waals surface area contributed by atoms with Crippen molar-refractivity contribution >= 4 is 38.1 Å². The van der Waals surface area contributed by atoms with Gasteiger partial charge in [0.2, 0.25) is 10.0 Å². The summed E-state index contributed by atoms with van der Waals surface area (Å²) >= 11 is 5.34. The Kier molecular flexibility index (Phi) is 3.03. The largest absolute Gasteiger partial charge is 0.282 e. The molecule has 84 valence electrons. The Bertz CT molecular complexity index is 605. The lowest BCUT2D eigenvalue weighted by molar-refractivity contribution is 0.605. The van der Waals surface area contributed by atoms with Gasteiger partial charge in [-0.15, -0.1) is 11.6 Å². The number of halogens is 1. The van der Waals surface area contributed by atoms with E-state index in [0.29, 0.717) is 5.69 Å². The Morgan fingerprint density at radius 3 is 2.50 bits per heavy atom. The van der Waals surface area contributed by atoms with Gasteiger partial charge in [0.1, 0.15) is 5.21 Å². The summed E-state index contributed by atoms with van der Waals surface area (Å²) in [5.74, 6) is 0. The molecule has 5 heteroatoms. The number of benzene rings is 2. The molecule has 0 bridgehead atoms. The normalized spacial score (nSPS) is 11.6. The van der Waals surface area contributed by atoms with Gasteiger partial charge >= 0.3 is 0 Å². The van der Waals surface area contributed by atoms with Crippen molar-refractivity contribution < 1.29 is 8.42 Å². The van der Waals surface area contributed by atoms with Crippen LogP contribution in [0.1, 0.15) is 0 Å². The van der Waals surface area contributed by atoms with Gasteiger partial charge in [0.15, 0.2) is 0 Å². The third kappa shape index (κ3) is 2.28. The first-order valence-corrected chi connectivity index (χ1v) is 6.85. The Morgan fingerprint density at radius 2 is 1.75 bits per heavy atom. The van der Waals surface area contributed by atoms with Crippen LogP contribution in [-0.2, 0) is 10.0 Å². The van der Waals surface area contributed by atoms with Crippen molar-refractivity contribution in [1.82, 2.24) is 0 Å². The highest BCUT2D eigenvalue weighted by atomic mass is 35.5. The maximum absolute atomic E-state index is 11.4. The van der Waals surface area contributed by atoms with E-state index < -0.39 is 15.2 Å². The lowest BCUT2D eigenvalue weighted by atomic mass is 10.1. The van der Waals surface area contributed by atoms with Gasteiger partial charge in [0.25, 0.3) is 0 Å². The third-order valence-electron chi connectivity index (χ3n) is 2.20. The summed E-state index contributed by atoms with van der Waals surface area (Å²) in [6, 6.07) is 13.0. The first-order valence-electron chi connectivity index (χ1n) is 4.66. The van der Waals surface area contributed by atoms with Gasteiger partial charge in [-0.25, -0.2) is 8.42 Å². The summed E-state index contributed by atoms with van der Waals surface area (Å²) in [5.41, 5.74) is 0.554. The number of anilines is 1. The monoisotopic (exact) mass is 255 g/mol. The Balaban J connectivity index is 2.53. The number of rotatable bonds is 3. The molecule has 0 heterocycles. The number of hydrogen-bond donors (Lipinski definition) is 1. The lowest BCUT2D eigenvalue weighted by Crippen LogP contribution is -2.13. The summed E-state index contributed by atoms with van der Waals surface area (Å²) in [4.78, 5) is 0. The summed E-state index contributed by atoms with van der Waals surface area (Å²) in [7, 11) is -3.45. The van der Waals surface area contributed by atoms with Crippen molar-refractivity contribution in [3.8, 4) is 0 Å². The standard InChI is InChI=1S/C11H10ClNO2S/c12-8-16(14,15)13-11-7-3-5-9-4-1-2-6-10(9)11/h1-7,13H,8H2. The Morgan fingerprint density at radius 1 is 1.06 bits per heavy atom. The average molecular weight is 256 g/mol. The zero-order chi connectivity index (χ0) is 11.6. The molecule has 0 atom stereocenters. The smallest absolute Gasteiger partial charge is 0.246 e. The van der Waals surface area contributed by atoms with E-state index in [1.165, 1.54) is 0 Å². The van der Waals surface area contributed by atoms with E-state index in [0.717, 1.165) is 10.8 Å². The molecular formula is C11H10ClNO2S. The number of alkyl halides is 1. The van der Waals surface area contributed by atoms with Crippen molar-refractivity contribution in [3.05, 3.63) is 42.5 Å². The fourth-order valence-corrected chi connectivity index (χ4v) is 2.24. The number of sulfonamides is 1. The SMILES string of the molecule is O=S(=O)(CCl)Nc1cccc2ccccc12. The highest BCUT2D eigenvalue weighted by Crippen LogP contribution is 2.23. The molecule has 0 saturated heterocycles. The molecule has 0 aromatic heterocycles. The molecule has 3 nitrogen and oxygen atoms in total. The predicted octanol–water partition coefficient (Wildman–Crippen LogP) is 2.78. The molecule has 0 saturated carbocycles. The lowest BCUT2D eigenvalue weighted by Gasteiger charge is -2.08. The van der Waals surface area contributed by atoms with Gasteiger partial charge < -0.3 is 0 Å². The predicted molar refractivity (Wildman–Crippen MR) is 67.2 cm³/mol. The second-order valence-electron chi connectivity index (χ2n) is 3.35. The summed E-state index contributed by atoms with van der Waals surface area (Å²) in [5, 5.41) is 1.40. The third-order valence-corrected chi connectivity index (χ3v) is 3.88. The molecule has 2 aromatic rings. The van der Waals surface area contributed by atoms with Crippen LogP contribution in [0.2, 0.25) is 0 Å². The van der Waals surface area contributed by atoms with E-state index in [1.807, 2.05) is 30.3 Å². The van der Waals surface area contributed by atoms with Gasteiger partial charge in [-0.1, -0.05) is 36.4 Å². The topological polar surface area (TPSA) is 46.2 Å². The molecule has 0 aliphatic carbocycles. The second-order valence-corrected chi connectivity index (χ2v) is 5.66. The fourth-order valence-electron chi connectivity index (χ4n) is 1.51. The molecule has 0 aliphatic rings. The molecule has 16 heavy (non-hydrogen) atoms. The van der Waals surface area contributed by atoms with E-state index in [-0.39, 0.29) is 0 Å². The van der Waals surface area contributed by atoms with Gasteiger partial charge in [-0.2, -0.15) is 0 Å². The van der Waals surface area contributed by atoms with Crippen LogP contribution in [0.4, 0.5) is 5.69 Å².